The Hall–Kier alpha value is -2.10. The molecule has 0 aliphatic carbocycles. The maximum Gasteiger partial charge on any atom is 0.166 e. The molecular weight excluding hydrogens is 262 g/mol. The van der Waals surface area contributed by atoms with Crippen molar-refractivity contribution >= 4 is 11.5 Å². The lowest BCUT2D eigenvalue weighted by molar-refractivity contribution is 0.0979. The largest absolute Gasteiger partial charge is 0.365 e. The molecule has 0 spiro atoms. The van der Waals surface area contributed by atoms with Gasteiger partial charge in [0.2, 0.25) is 0 Å². The summed E-state index contributed by atoms with van der Waals surface area (Å²) in [7, 11) is 0. The van der Waals surface area contributed by atoms with Gasteiger partial charge in [-0.3, -0.25) is 9.48 Å². The van der Waals surface area contributed by atoms with Crippen LogP contribution in [0.25, 0.3) is 0 Å². The first-order valence-corrected chi connectivity index (χ1v) is 7.60. The van der Waals surface area contributed by atoms with Crippen LogP contribution in [0.5, 0.6) is 0 Å². The molecule has 1 aliphatic heterocycles. The molecule has 4 nitrogen and oxygen atoms in total. The predicted octanol–water partition coefficient (Wildman–Crippen LogP) is 3.45. The van der Waals surface area contributed by atoms with Gasteiger partial charge >= 0.3 is 0 Å². The number of hydrogen-bond donors (Lipinski definition) is 0. The highest BCUT2D eigenvalue weighted by atomic mass is 16.1. The number of para-hydroxylation sites is 1. The lowest BCUT2D eigenvalue weighted by atomic mass is 10.0. The second kappa shape index (κ2) is 5.72. The summed E-state index contributed by atoms with van der Waals surface area (Å²) in [6.45, 7) is 5.87. The van der Waals surface area contributed by atoms with Gasteiger partial charge in [-0.1, -0.05) is 19.1 Å². The van der Waals surface area contributed by atoms with Crippen LogP contribution in [0.2, 0.25) is 0 Å². The Bertz CT molecular complexity index is 647. The van der Waals surface area contributed by atoms with Gasteiger partial charge in [-0.2, -0.15) is 5.10 Å². The molecule has 1 atom stereocenters. The molecule has 1 aromatic carbocycles. The summed E-state index contributed by atoms with van der Waals surface area (Å²) < 4.78 is 2.02. The van der Waals surface area contributed by atoms with Crippen LogP contribution in [-0.4, -0.2) is 22.1 Å². The Morgan fingerprint density at radius 1 is 1.29 bits per heavy atom. The maximum absolute atomic E-state index is 12.0. The Kier molecular flexibility index (Phi) is 3.78. The highest BCUT2D eigenvalue weighted by Crippen LogP contribution is 2.27. The van der Waals surface area contributed by atoms with Gasteiger partial charge in [0.15, 0.2) is 5.78 Å². The minimum absolute atomic E-state index is 0.243. The predicted molar refractivity (Wildman–Crippen MR) is 83.7 cm³/mol. The summed E-state index contributed by atoms with van der Waals surface area (Å²) in [4.78, 5) is 14.2. The standard InChI is InChI=1S/C17H21N3O/c1-3-13(2)20-11-8-14(18-20)12-19-10-9-17(21)15-6-4-5-7-16(15)19/h4-8,11,13H,3,9-10,12H2,1-2H3. The molecule has 4 heteroatoms. The third kappa shape index (κ3) is 2.71. The fourth-order valence-electron chi connectivity index (χ4n) is 2.73. The number of hydrogen-bond acceptors (Lipinski definition) is 3. The van der Waals surface area contributed by atoms with Gasteiger partial charge < -0.3 is 4.90 Å². The number of nitrogens with zero attached hydrogens (tertiary/aromatic N) is 3. The highest BCUT2D eigenvalue weighted by Gasteiger charge is 2.23. The van der Waals surface area contributed by atoms with Crippen molar-refractivity contribution in [1.29, 1.82) is 0 Å². The summed E-state index contributed by atoms with van der Waals surface area (Å²) in [6.07, 6.45) is 3.70. The average Bonchev–Trinajstić information content (AvgIpc) is 2.98. The van der Waals surface area contributed by atoms with Crippen LogP contribution in [0, 0.1) is 0 Å². The third-order valence-electron chi connectivity index (χ3n) is 4.21. The fourth-order valence-corrected chi connectivity index (χ4v) is 2.73. The number of ketones is 1. The van der Waals surface area contributed by atoms with Gasteiger partial charge in [0, 0.05) is 36.5 Å². The molecule has 0 saturated carbocycles. The van der Waals surface area contributed by atoms with Crippen LogP contribution in [0.4, 0.5) is 5.69 Å². The van der Waals surface area contributed by atoms with Crippen LogP contribution in [0.3, 0.4) is 0 Å². The number of benzene rings is 1. The average molecular weight is 283 g/mol. The van der Waals surface area contributed by atoms with Gasteiger partial charge in [-0.05, 0) is 31.5 Å². The molecule has 0 amide bonds. The van der Waals surface area contributed by atoms with Gasteiger partial charge in [-0.15, -0.1) is 0 Å². The minimum Gasteiger partial charge on any atom is -0.365 e. The van der Waals surface area contributed by atoms with Gasteiger partial charge in [0.1, 0.15) is 0 Å². The van der Waals surface area contributed by atoms with E-state index in [1.165, 1.54) is 0 Å². The molecule has 21 heavy (non-hydrogen) atoms. The van der Waals surface area contributed by atoms with Gasteiger partial charge in [-0.25, -0.2) is 0 Å². The molecular formula is C17H21N3O. The Labute approximate surface area is 125 Å². The maximum atomic E-state index is 12.0. The third-order valence-corrected chi connectivity index (χ3v) is 4.21. The van der Waals surface area contributed by atoms with E-state index in [1.54, 1.807) is 0 Å². The highest BCUT2D eigenvalue weighted by molar-refractivity contribution is 6.03. The zero-order valence-corrected chi connectivity index (χ0v) is 12.6. The first kappa shape index (κ1) is 13.9. The molecule has 2 heterocycles. The van der Waals surface area contributed by atoms with Crippen molar-refractivity contribution in [3.8, 4) is 0 Å². The second-order valence-electron chi connectivity index (χ2n) is 5.66. The van der Waals surface area contributed by atoms with Crippen LogP contribution in [0.15, 0.2) is 36.5 Å². The molecule has 0 N–H and O–H groups in total. The Morgan fingerprint density at radius 2 is 2.10 bits per heavy atom. The van der Waals surface area contributed by atoms with Crippen molar-refractivity contribution in [2.75, 3.05) is 11.4 Å². The Morgan fingerprint density at radius 3 is 2.90 bits per heavy atom. The number of fused-ring (bicyclic) bond motifs is 1. The van der Waals surface area contributed by atoms with Crippen LogP contribution >= 0.6 is 0 Å². The molecule has 1 unspecified atom stereocenters. The normalized spacial score (nSPS) is 15.9. The van der Waals surface area contributed by atoms with E-state index >= 15 is 0 Å². The molecule has 2 aromatic rings. The van der Waals surface area contributed by atoms with Crippen molar-refractivity contribution in [2.24, 2.45) is 0 Å². The molecule has 1 aliphatic rings. The summed E-state index contributed by atoms with van der Waals surface area (Å²) in [5, 5.41) is 4.66. The quantitative estimate of drug-likeness (QED) is 0.862. The zero-order chi connectivity index (χ0) is 14.8. The summed E-state index contributed by atoms with van der Waals surface area (Å²) in [6, 6.07) is 10.4. The van der Waals surface area contributed by atoms with E-state index in [2.05, 4.69) is 29.9 Å². The van der Waals surface area contributed by atoms with Crippen molar-refractivity contribution in [3.05, 3.63) is 47.8 Å². The molecule has 0 radical (unpaired) electrons. The van der Waals surface area contributed by atoms with Gasteiger partial charge in [0.25, 0.3) is 0 Å². The first-order chi connectivity index (χ1) is 10.2. The number of Topliss-reactive ketones (excluding diaryl/α,β-unsaturated/α-hetero) is 1. The van der Waals surface area contributed by atoms with E-state index in [9.17, 15) is 4.79 Å². The van der Waals surface area contributed by atoms with E-state index < -0.39 is 0 Å². The van der Waals surface area contributed by atoms with E-state index in [1.807, 2.05) is 35.1 Å². The molecule has 110 valence electrons. The number of anilines is 1. The van der Waals surface area contributed by atoms with Crippen LogP contribution in [-0.2, 0) is 6.54 Å². The van der Waals surface area contributed by atoms with E-state index in [0.29, 0.717) is 12.5 Å². The monoisotopic (exact) mass is 283 g/mol. The van der Waals surface area contributed by atoms with Crippen molar-refractivity contribution < 1.29 is 4.79 Å². The number of carbonyl (C=O) groups is 1. The van der Waals surface area contributed by atoms with Crippen molar-refractivity contribution in [3.63, 3.8) is 0 Å². The number of rotatable bonds is 4. The summed E-state index contributed by atoms with van der Waals surface area (Å²) in [5.41, 5.74) is 2.93. The fraction of sp³-hybridized carbons (Fsp3) is 0.412. The van der Waals surface area contributed by atoms with E-state index in [-0.39, 0.29) is 5.78 Å². The lowest BCUT2D eigenvalue weighted by Crippen LogP contribution is -2.31. The number of carbonyl (C=O) groups excluding carboxylic acids is 1. The van der Waals surface area contributed by atoms with Gasteiger partial charge in [0.05, 0.1) is 12.2 Å². The zero-order valence-electron chi connectivity index (χ0n) is 12.6. The minimum atomic E-state index is 0.243. The van der Waals surface area contributed by atoms with E-state index in [0.717, 1.165) is 36.5 Å². The summed E-state index contributed by atoms with van der Waals surface area (Å²) in [5.74, 6) is 0.243. The van der Waals surface area contributed by atoms with Crippen LogP contribution < -0.4 is 4.90 Å². The number of aromatic nitrogens is 2. The second-order valence-corrected chi connectivity index (χ2v) is 5.66. The summed E-state index contributed by atoms with van der Waals surface area (Å²) >= 11 is 0. The van der Waals surface area contributed by atoms with E-state index in [4.69, 9.17) is 0 Å². The van der Waals surface area contributed by atoms with Crippen molar-refractivity contribution in [2.45, 2.75) is 39.3 Å². The molecule has 0 bridgehead atoms. The first-order valence-electron chi connectivity index (χ1n) is 7.60. The molecule has 1 aromatic heterocycles. The smallest absolute Gasteiger partial charge is 0.166 e. The molecule has 3 rings (SSSR count). The topological polar surface area (TPSA) is 38.1 Å². The lowest BCUT2D eigenvalue weighted by Gasteiger charge is -2.29. The Balaban J connectivity index is 1.81. The van der Waals surface area contributed by atoms with Crippen LogP contribution in [0.1, 0.15) is 48.8 Å². The molecule has 0 saturated heterocycles. The van der Waals surface area contributed by atoms with Crippen molar-refractivity contribution in [1.82, 2.24) is 9.78 Å². The SMILES string of the molecule is CCC(C)n1ccc(CN2CCC(=O)c3ccccc32)n1. The molecule has 0 fully saturated rings.